The molecule has 0 amide bonds. The van der Waals surface area contributed by atoms with E-state index in [1.165, 1.54) is 32.2 Å². The van der Waals surface area contributed by atoms with Crippen molar-refractivity contribution in [2.24, 2.45) is 0 Å². The number of phenolic OH excluding ortho intramolecular Hbond substituents is 2. The monoisotopic (exact) mass is 608 g/mol. The number of phenols is 2. The Labute approximate surface area is 243 Å². The van der Waals surface area contributed by atoms with Gasteiger partial charge in [0.1, 0.15) is 71.0 Å². The number of aliphatic hydroxyl groups is 6. The number of ether oxygens (including phenoxy) is 5. The molecule has 5 rings (SSSR count). The molecular formula is C28H32O15. The van der Waals surface area contributed by atoms with Crippen molar-refractivity contribution in [1.29, 1.82) is 0 Å². The highest BCUT2D eigenvalue weighted by molar-refractivity contribution is 5.86. The third kappa shape index (κ3) is 5.99. The Morgan fingerprint density at radius 1 is 0.791 bits per heavy atom. The predicted molar refractivity (Wildman–Crippen MR) is 143 cm³/mol. The number of fused-ring (bicyclic) bond motifs is 1. The Hall–Kier alpha value is -3.51. The molecule has 0 saturated carbocycles. The van der Waals surface area contributed by atoms with Crippen molar-refractivity contribution in [2.45, 2.75) is 68.3 Å². The molecule has 2 saturated heterocycles. The lowest BCUT2D eigenvalue weighted by atomic mass is 9.98. The molecule has 0 unspecified atom stereocenters. The quantitative estimate of drug-likeness (QED) is 0.159. The van der Waals surface area contributed by atoms with Gasteiger partial charge in [-0.15, -0.1) is 0 Å². The van der Waals surface area contributed by atoms with Crippen molar-refractivity contribution in [2.75, 3.05) is 13.7 Å². The van der Waals surface area contributed by atoms with Crippen LogP contribution in [0, 0.1) is 0 Å². The van der Waals surface area contributed by atoms with Crippen molar-refractivity contribution in [3.05, 3.63) is 46.6 Å². The van der Waals surface area contributed by atoms with Crippen LogP contribution in [0.15, 0.2) is 45.6 Å². The molecule has 2 aromatic carbocycles. The average molecular weight is 609 g/mol. The lowest BCUT2D eigenvalue weighted by Crippen LogP contribution is -2.61. The molecule has 0 bridgehead atoms. The zero-order valence-electron chi connectivity index (χ0n) is 22.9. The molecule has 0 radical (unpaired) electrons. The zero-order chi connectivity index (χ0) is 31.2. The first kappa shape index (κ1) is 30.9. The van der Waals surface area contributed by atoms with Gasteiger partial charge in [0.2, 0.25) is 6.29 Å². The number of rotatable bonds is 7. The van der Waals surface area contributed by atoms with E-state index in [0.717, 1.165) is 12.1 Å². The summed E-state index contributed by atoms with van der Waals surface area (Å²) in [6.45, 7) is 0.953. The van der Waals surface area contributed by atoms with Crippen LogP contribution in [0.3, 0.4) is 0 Å². The van der Waals surface area contributed by atoms with Crippen LogP contribution in [0.5, 0.6) is 23.0 Å². The van der Waals surface area contributed by atoms with E-state index in [9.17, 15) is 45.6 Å². The molecule has 0 aliphatic carbocycles. The molecule has 15 nitrogen and oxygen atoms in total. The van der Waals surface area contributed by atoms with Crippen LogP contribution in [0.1, 0.15) is 6.92 Å². The van der Waals surface area contributed by atoms with Crippen LogP contribution >= 0.6 is 0 Å². The Morgan fingerprint density at radius 3 is 2.19 bits per heavy atom. The molecule has 3 heterocycles. The SMILES string of the molecule is COc1ccc(-c2cc(=O)c3c(O)cc(O[C@@H]4O[C@H](CO[C@@H]5O[C@@H](C)[C@H](O)[C@@H](O)[C@@H]5O)[C@@H](O)[C@H](O)[C@@H]4O)cc3o2)cc1O. The highest BCUT2D eigenvalue weighted by Gasteiger charge is 2.47. The van der Waals surface area contributed by atoms with Gasteiger partial charge < -0.3 is 69.0 Å². The van der Waals surface area contributed by atoms with Crippen molar-refractivity contribution in [3.63, 3.8) is 0 Å². The number of methoxy groups -OCH3 is 1. The highest BCUT2D eigenvalue weighted by Crippen LogP contribution is 2.35. The Morgan fingerprint density at radius 2 is 1.49 bits per heavy atom. The van der Waals surface area contributed by atoms with E-state index in [1.54, 1.807) is 6.07 Å². The van der Waals surface area contributed by atoms with Crippen molar-refractivity contribution >= 4 is 11.0 Å². The largest absolute Gasteiger partial charge is 0.507 e. The maximum absolute atomic E-state index is 12.8. The smallest absolute Gasteiger partial charge is 0.229 e. The van der Waals surface area contributed by atoms with Gasteiger partial charge in [-0.2, -0.15) is 0 Å². The molecule has 1 aromatic heterocycles. The second-order valence-corrected chi connectivity index (χ2v) is 10.3. The number of benzene rings is 2. The van der Waals surface area contributed by atoms with Crippen LogP contribution in [-0.4, -0.2) is 116 Å². The maximum atomic E-state index is 12.8. The molecule has 0 spiro atoms. The molecule has 3 aromatic rings. The third-order valence-corrected chi connectivity index (χ3v) is 7.40. The Balaban J connectivity index is 1.36. The number of aliphatic hydroxyl groups excluding tert-OH is 6. The summed E-state index contributed by atoms with van der Waals surface area (Å²) in [5.41, 5.74) is -0.381. The average Bonchev–Trinajstić information content (AvgIpc) is 2.97. The van der Waals surface area contributed by atoms with Gasteiger partial charge in [-0.3, -0.25) is 4.79 Å². The minimum atomic E-state index is -1.78. The van der Waals surface area contributed by atoms with Crippen LogP contribution < -0.4 is 14.9 Å². The second kappa shape index (κ2) is 12.2. The van der Waals surface area contributed by atoms with Gasteiger partial charge in [-0.1, -0.05) is 0 Å². The van der Waals surface area contributed by atoms with E-state index in [4.69, 9.17) is 28.1 Å². The van der Waals surface area contributed by atoms with Crippen LogP contribution in [0.2, 0.25) is 0 Å². The summed E-state index contributed by atoms with van der Waals surface area (Å²) in [4.78, 5) is 12.8. The molecular weight excluding hydrogens is 576 g/mol. The van der Waals surface area contributed by atoms with Crippen LogP contribution in [0.4, 0.5) is 0 Å². The van der Waals surface area contributed by atoms with Gasteiger partial charge in [0.05, 0.1) is 19.8 Å². The Kier molecular flexibility index (Phi) is 8.80. The molecule has 2 aliphatic heterocycles. The molecule has 2 aliphatic rings. The molecule has 234 valence electrons. The van der Waals surface area contributed by atoms with Crippen molar-refractivity contribution in [1.82, 2.24) is 0 Å². The lowest BCUT2D eigenvalue weighted by molar-refractivity contribution is -0.318. The van der Waals surface area contributed by atoms with E-state index in [-0.39, 0.29) is 34.0 Å². The second-order valence-electron chi connectivity index (χ2n) is 10.3. The summed E-state index contributed by atoms with van der Waals surface area (Å²) < 4.78 is 32.9. The molecule has 43 heavy (non-hydrogen) atoms. The first-order valence-electron chi connectivity index (χ1n) is 13.3. The number of hydrogen-bond donors (Lipinski definition) is 8. The van der Waals surface area contributed by atoms with Gasteiger partial charge in [0.25, 0.3) is 0 Å². The third-order valence-electron chi connectivity index (χ3n) is 7.40. The van der Waals surface area contributed by atoms with Gasteiger partial charge >= 0.3 is 0 Å². The van der Waals surface area contributed by atoms with Gasteiger partial charge in [0, 0.05) is 23.8 Å². The van der Waals surface area contributed by atoms with Crippen molar-refractivity contribution in [3.8, 4) is 34.3 Å². The van der Waals surface area contributed by atoms with Gasteiger partial charge in [0.15, 0.2) is 23.2 Å². The van der Waals surface area contributed by atoms with Crippen LogP contribution in [-0.2, 0) is 14.2 Å². The topological polar surface area (TPSA) is 238 Å². The highest BCUT2D eigenvalue weighted by atomic mass is 16.7. The Bertz CT molecular complexity index is 1510. The van der Waals surface area contributed by atoms with E-state index in [0.29, 0.717) is 5.56 Å². The summed E-state index contributed by atoms with van der Waals surface area (Å²) in [5.74, 6) is -0.605. The first-order chi connectivity index (χ1) is 20.4. The number of aromatic hydroxyl groups is 2. The summed E-state index contributed by atoms with van der Waals surface area (Å²) in [6, 6.07) is 7.78. The minimum absolute atomic E-state index is 0.0517. The zero-order valence-corrected chi connectivity index (χ0v) is 22.9. The van der Waals surface area contributed by atoms with E-state index >= 15 is 0 Å². The maximum Gasteiger partial charge on any atom is 0.229 e. The normalized spacial score (nSPS) is 32.9. The molecule has 15 heteroatoms. The number of hydrogen-bond acceptors (Lipinski definition) is 15. The standard InChI is InChI=1S/C28H32O15/c1-10-21(32)23(34)25(36)27(40-10)39-9-19-22(33)24(35)26(37)28(43-19)41-12-6-14(30)20-15(31)8-17(42-18(20)7-12)11-3-4-16(38-2)13(29)5-11/h3-8,10,19,21-30,32-37H,9H2,1-2H3/t10-,19+,21-,22+,23+,24-,25-,26-,27+,28+/m0/s1. The first-order valence-corrected chi connectivity index (χ1v) is 13.3. The van der Waals surface area contributed by atoms with E-state index in [1.807, 2.05) is 0 Å². The lowest BCUT2D eigenvalue weighted by Gasteiger charge is -2.42. The van der Waals surface area contributed by atoms with Gasteiger partial charge in [-0.05, 0) is 25.1 Å². The molecule has 2 fully saturated rings. The summed E-state index contributed by atoms with van der Waals surface area (Å²) in [7, 11) is 1.38. The fourth-order valence-corrected chi connectivity index (χ4v) is 4.92. The summed E-state index contributed by atoms with van der Waals surface area (Å²) >= 11 is 0. The fraction of sp³-hybridized carbons (Fsp3) is 0.464. The fourth-order valence-electron chi connectivity index (χ4n) is 4.92. The van der Waals surface area contributed by atoms with Crippen molar-refractivity contribution < 1.29 is 69.0 Å². The van der Waals surface area contributed by atoms with Gasteiger partial charge in [-0.25, -0.2) is 0 Å². The van der Waals surface area contributed by atoms with E-state index < -0.39 is 79.2 Å². The summed E-state index contributed by atoms with van der Waals surface area (Å²) in [5, 5.41) is 82.0. The summed E-state index contributed by atoms with van der Waals surface area (Å²) in [6.07, 6.45) is -15.0. The molecule has 8 N–H and O–H groups in total. The van der Waals surface area contributed by atoms with Crippen LogP contribution in [0.25, 0.3) is 22.3 Å². The van der Waals surface area contributed by atoms with E-state index in [2.05, 4.69) is 0 Å². The predicted octanol–water partition coefficient (Wildman–Crippen LogP) is -1.09. The molecule has 10 atom stereocenters. The minimum Gasteiger partial charge on any atom is -0.507 e.